The third kappa shape index (κ3) is 6.40. The summed E-state index contributed by atoms with van der Waals surface area (Å²) in [6.45, 7) is 4.15. The van der Waals surface area contributed by atoms with Crippen LogP contribution in [0.1, 0.15) is 39.5 Å². The van der Waals surface area contributed by atoms with Gasteiger partial charge < -0.3 is 16.2 Å². The second-order valence-corrected chi connectivity index (χ2v) is 4.02. The van der Waals surface area contributed by atoms with Crippen molar-refractivity contribution in [3.63, 3.8) is 0 Å². The van der Waals surface area contributed by atoms with Gasteiger partial charge in [-0.3, -0.25) is 9.59 Å². The fraction of sp³-hybridized carbons (Fsp3) is 0.818. The van der Waals surface area contributed by atoms with Crippen LogP contribution in [0.15, 0.2) is 0 Å². The van der Waals surface area contributed by atoms with Crippen LogP contribution in [0.4, 0.5) is 0 Å². The molecule has 94 valence electrons. The smallest absolute Gasteiger partial charge is 0.325 e. The fourth-order valence-corrected chi connectivity index (χ4v) is 1.50. The van der Waals surface area contributed by atoms with Gasteiger partial charge in [-0.15, -0.1) is 0 Å². The van der Waals surface area contributed by atoms with E-state index < -0.39 is 12.0 Å². The largest absolute Gasteiger partial charge is 0.480 e. The number of aliphatic carboxylic acids is 1. The molecule has 0 aromatic rings. The summed E-state index contributed by atoms with van der Waals surface area (Å²) in [5, 5.41) is 11.0. The van der Waals surface area contributed by atoms with Crippen molar-refractivity contribution >= 4 is 11.9 Å². The quantitative estimate of drug-likeness (QED) is 0.573. The van der Waals surface area contributed by atoms with Crippen LogP contribution in [0, 0.1) is 5.92 Å². The van der Waals surface area contributed by atoms with Gasteiger partial charge in [0.05, 0.1) is 0 Å². The minimum absolute atomic E-state index is 0.203. The number of amides is 1. The summed E-state index contributed by atoms with van der Waals surface area (Å²) < 4.78 is 0. The molecule has 0 rings (SSSR count). The summed E-state index contributed by atoms with van der Waals surface area (Å²) in [5.74, 6) is -0.761. The lowest BCUT2D eigenvalue weighted by molar-refractivity contribution is -0.141. The Balaban J connectivity index is 3.83. The van der Waals surface area contributed by atoms with Gasteiger partial charge >= 0.3 is 5.97 Å². The first-order valence-electron chi connectivity index (χ1n) is 5.73. The minimum Gasteiger partial charge on any atom is -0.480 e. The van der Waals surface area contributed by atoms with E-state index in [9.17, 15) is 9.59 Å². The highest BCUT2D eigenvalue weighted by molar-refractivity contribution is 5.83. The van der Waals surface area contributed by atoms with Crippen molar-refractivity contribution in [1.29, 1.82) is 0 Å². The predicted molar refractivity (Wildman–Crippen MR) is 61.9 cm³/mol. The third-order valence-corrected chi connectivity index (χ3v) is 2.68. The van der Waals surface area contributed by atoms with E-state index in [4.69, 9.17) is 10.8 Å². The summed E-state index contributed by atoms with van der Waals surface area (Å²) in [6.07, 6.45) is 3.05. The topological polar surface area (TPSA) is 92.4 Å². The predicted octanol–water partition coefficient (Wildman–Crippen LogP) is 0.731. The molecule has 0 radical (unpaired) electrons. The zero-order chi connectivity index (χ0) is 12.6. The molecular weight excluding hydrogens is 208 g/mol. The van der Waals surface area contributed by atoms with E-state index in [0.29, 0.717) is 18.9 Å². The van der Waals surface area contributed by atoms with E-state index in [0.717, 1.165) is 19.3 Å². The lowest BCUT2D eigenvalue weighted by atomic mass is 9.96. The van der Waals surface area contributed by atoms with Gasteiger partial charge in [-0.1, -0.05) is 13.3 Å². The molecule has 0 aromatic carbocycles. The number of rotatable bonds is 8. The SMILES string of the molecule is CCC(CCN)CCC(=O)N[C@H](C)C(=O)O. The molecule has 0 bridgehead atoms. The van der Waals surface area contributed by atoms with E-state index in [-0.39, 0.29) is 5.91 Å². The zero-order valence-electron chi connectivity index (χ0n) is 10.0. The Kier molecular flexibility index (Phi) is 7.54. The maximum Gasteiger partial charge on any atom is 0.325 e. The highest BCUT2D eigenvalue weighted by Crippen LogP contribution is 2.14. The van der Waals surface area contributed by atoms with Crippen LogP contribution < -0.4 is 11.1 Å². The van der Waals surface area contributed by atoms with Crippen molar-refractivity contribution in [2.75, 3.05) is 6.54 Å². The number of carbonyl (C=O) groups is 2. The number of nitrogens with one attached hydrogen (secondary N) is 1. The van der Waals surface area contributed by atoms with E-state index in [1.54, 1.807) is 0 Å². The number of hydrogen-bond donors (Lipinski definition) is 3. The van der Waals surface area contributed by atoms with Crippen LogP contribution in [-0.4, -0.2) is 29.6 Å². The Morgan fingerprint density at radius 1 is 1.38 bits per heavy atom. The van der Waals surface area contributed by atoms with Gasteiger partial charge in [0, 0.05) is 6.42 Å². The van der Waals surface area contributed by atoms with Crippen LogP contribution in [0.3, 0.4) is 0 Å². The van der Waals surface area contributed by atoms with Crippen molar-refractivity contribution < 1.29 is 14.7 Å². The first-order chi connectivity index (χ1) is 7.51. The summed E-state index contributed by atoms with van der Waals surface area (Å²) in [5.41, 5.74) is 5.45. The third-order valence-electron chi connectivity index (χ3n) is 2.68. The van der Waals surface area contributed by atoms with Gasteiger partial charge in [0.2, 0.25) is 5.91 Å². The monoisotopic (exact) mass is 230 g/mol. The molecule has 4 N–H and O–H groups in total. The Morgan fingerprint density at radius 3 is 2.44 bits per heavy atom. The molecule has 0 aromatic heterocycles. The van der Waals surface area contributed by atoms with Crippen LogP contribution in [0.5, 0.6) is 0 Å². The molecule has 0 fully saturated rings. The lowest BCUT2D eigenvalue weighted by Gasteiger charge is -2.14. The Hall–Kier alpha value is -1.10. The van der Waals surface area contributed by atoms with Crippen molar-refractivity contribution in [2.24, 2.45) is 11.7 Å². The van der Waals surface area contributed by atoms with Crippen molar-refractivity contribution in [3.8, 4) is 0 Å². The van der Waals surface area contributed by atoms with E-state index >= 15 is 0 Å². The molecule has 0 aliphatic carbocycles. The average molecular weight is 230 g/mol. The second kappa shape index (κ2) is 8.10. The molecule has 0 spiro atoms. The molecule has 0 saturated carbocycles. The molecule has 5 nitrogen and oxygen atoms in total. The van der Waals surface area contributed by atoms with Crippen LogP contribution in [0.2, 0.25) is 0 Å². The molecule has 0 aliphatic rings. The Labute approximate surface area is 96.4 Å². The molecule has 0 saturated heterocycles. The zero-order valence-corrected chi connectivity index (χ0v) is 10.0. The van der Waals surface area contributed by atoms with Gasteiger partial charge in [-0.25, -0.2) is 0 Å². The number of nitrogens with two attached hydrogens (primary N) is 1. The Morgan fingerprint density at radius 2 is 2.00 bits per heavy atom. The first kappa shape index (κ1) is 14.9. The van der Waals surface area contributed by atoms with E-state index in [1.165, 1.54) is 6.92 Å². The van der Waals surface area contributed by atoms with E-state index in [2.05, 4.69) is 12.2 Å². The number of hydrogen-bond acceptors (Lipinski definition) is 3. The van der Waals surface area contributed by atoms with E-state index in [1.807, 2.05) is 0 Å². The molecule has 2 atom stereocenters. The van der Waals surface area contributed by atoms with Gasteiger partial charge in [0.1, 0.15) is 6.04 Å². The average Bonchev–Trinajstić information content (AvgIpc) is 2.23. The van der Waals surface area contributed by atoms with Gasteiger partial charge in [-0.05, 0) is 32.2 Å². The minimum atomic E-state index is -1.01. The normalized spacial score (nSPS) is 14.2. The molecule has 0 heterocycles. The van der Waals surface area contributed by atoms with Crippen LogP contribution in [-0.2, 0) is 9.59 Å². The van der Waals surface area contributed by atoms with Gasteiger partial charge in [0.15, 0.2) is 0 Å². The standard InChI is InChI=1S/C11H22N2O3/c1-3-9(6-7-12)4-5-10(14)13-8(2)11(15)16/h8-9H,3-7,12H2,1-2H3,(H,13,14)(H,15,16)/t8-,9?/m1/s1. The van der Waals surface area contributed by atoms with Gasteiger partial charge in [-0.2, -0.15) is 0 Å². The molecule has 1 amide bonds. The van der Waals surface area contributed by atoms with Crippen LogP contribution >= 0.6 is 0 Å². The van der Waals surface area contributed by atoms with Crippen molar-refractivity contribution in [1.82, 2.24) is 5.32 Å². The number of carboxylic acid groups (broad SMARTS) is 1. The molecule has 5 heteroatoms. The second-order valence-electron chi connectivity index (χ2n) is 4.02. The Bertz CT molecular complexity index is 231. The van der Waals surface area contributed by atoms with Crippen molar-refractivity contribution in [2.45, 2.75) is 45.6 Å². The first-order valence-corrected chi connectivity index (χ1v) is 5.73. The molecule has 1 unspecified atom stereocenters. The maximum absolute atomic E-state index is 11.4. The lowest BCUT2D eigenvalue weighted by Crippen LogP contribution is -2.38. The number of carbonyl (C=O) groups excluding carboxylic acids is 1. The fourth-order valence-electron chi connectivity index (χ4n) is 1.50. The molecule has 16 heavy (non-hydrogen) atoms. The highest BCUT2D eigenvalue weighted by atomic mass is 16.4. The summed E-state index contributed by atoms with van der Waals surface area (Å²) in [7, 11) is 0. The van der Waals surface area contributed by atoms with Crippen LogP contribution in [0.25, 0.3) is 0 Å². The van der Waals surface area contributed by atoms with Gasteiger partial charge in [0.25, 0.3) is 0 Å². The summed E-state index contributed by atoms with van der Waals surface area (Å²) in [6, 6.07) is -0.818. The maximum atomic E-state index is 11.4. The summed E-state index contributed by atoms with van der Waals surface area (Å²) in [4.78, 5) is 21.9. The summed E-state index contributed by atoms with van der Waals surface area (Å²) >= 11 is 0. The van der Waals surface area contributed by atoms with Crippen molar-refractivity contribution in [3.05, 3.63) is 0 Å². The molecule has 0 aliphatic heterocycles. The number of carboxylic acids is 1. The molecular formula is C11H22N2O3. The highest BCUT2D eigenvalue weighted by Gasteiger charge is 2.14.